The highest BCUT2D eigenvalue weighted by Crippen LogP contribution is 2.16. The van der Waals surface area contributed by atoms with Crippen LogP contribution in [0.5, 0.6) is 0 Å². The van der Waals surface area contributed by atoms with Gasteiger partial charge in [0.05, 0.1) is 12.8 Å². The van der Waals surface area contributed by atoms with Crippen LogP contribution >= 0.6 is 0 Å². The molecule has 0 amide bonds. The molecule has 0 aromatic carbocycles. The van der Waals surface area contributed by atoms with Crippen LogP contribution in [-0.4, -0.2) is 22.8 Å². The van der Waals surface area contributed by atoms with Crippen LogP contribution in [0.25, 0.3) is 0 Å². The summed E-state index contributed by atoms with van der Waals surface area (Å²) in [5.41, 5.74) is 0.411. The maximum atomic E-state index is 11.1. The Morgan fingerprint density at radius 1 is 1.85 bits per heavy atom. The quantitative estimate of drug-likeness (QED) is 0.552. The van der Waals surface area contributed by atoms with Crippen molar-refractivity contribution in [2.24, 2.45) is 5.18 Å². The van der Waals surface area contributed by atoms with Crippen molar-refractivity contribution in [3.8, 4) is 0 Å². The van der Waals surface area contributed by atoms with Crippen LogP contribution in [0, 0.1) is 4.91 Å². The SMILES string of the molecule is CCOC(=O)C(N=O)c1cn[nH]c1. The average molecular weight is 183 g/mol. The van der Waals surface area contributed by atoms with Gasteiger partial charge in [-0.05, 0) is 12.1 Å². The lowest BCUT2D eigenvalue weighted by atomic mass is 10.2. The number of hydrogen-bond donors (Lipinski definition) is 1. The number of rotatable bonds is 4. The van der Waals surface area contributed by atoms with Gasteiger partial charge in [-0.1, -0.05) is 0 Å². The lowest BCUT2D eigenvalue weighted by molar-refractivity contribution is -0.144. The third-order valence-corrected chi connectivity index (χ3v) is 1.45. The molecule has 0 saturated heterocycles. The van der Waals surface area contributed by atoms with Crippen LogP contribution in [0.4, 0.5) is 0 Å². The first kappa shape index (κ1) is 9.37. The number of nitrogens with zero attached hydrogens (tertiary/aromatic N) is 2. The highest BCUT2D eigenvalue weighted by Gasteiger charge is 2.23. The van der Waals surface area contributed by atoms with Gasteiger partial charge in [0.2, 0.25) is 6.04 Å². The van der Waals surface area contributed by atoms with Gasteiger partial charge >= 0.3 is 5.97 Å². The molecule has 1 rings (SSSR count). The van der Waals surface area contributed by atoms with Crippen LogP contribution in [0.15, 0.2) is 17.6 Å². The van der Waals surface area contributed by atoms with Gasteiger partial charge in [0.15, 0.2) is 0 Å². The van der Waals surface area contributed by atoms with Gasteiger partial charge in [-0.2, -0.15) is 5.10 Å². The van der Waals surface area contributed by atoms with Crippen LogP contribution in [0.1, 0.15) is 18.5 Å². The average Bonchev–Trinajstić information content (AvgIpc) is 2.59. The standard InChI is InChI=1S/C7H9N3O3/c1-2-13-7(11)6(10-12)5-3-8-9-4-5/h3-4,6H,2H2,1H3,(H,8,9). The van der Waals surface area contributed by atoms with E-state index in [9.17, 15) is 9.70 Å². The largest absolute Gasteiger partial charge is 0.464 e. The van der Waals surface area contributed by atoms with E-state index in [0.29, 0.717) is 5.56 Å². The van der Waals surface area contributed by atoms with Crippen LogP contribution in [0.3, 0.4) is 0 Å². The summed E-state index contributed by atoms with van der Waals surface area (Å²) in [6, 6.07) is -1.11. The molecule has 1 heterocycles. The van der Waals surface area contributed by atoms with E-state index < -0.39 is 12.0 Å². The van der Waals surface area contributed by atoms with E-state index in [0.717, 1.165) is 0 Å². The van der Waals surface area contributed by atoms with E-state index in [1.165, 1.54) is 12.4 Å². The molecule has 0 radical (unpaired) electrons. The van der Waals surface area contributed by atoms with Crippen molar-refractivity contribution >= 4 is 5.97 Å². The molecule has 0 fully saturated rings. The fraction of sp³-hybridized carbons (Fsp3) is 0.429. The van der Waals surface area contributed by atoms with E-state index in [2.05, 4.69) is 20.1 Å². The van der Waals surface area contributed by atoms with Gasteiger partial charge in [0, 0.05) is 11.8 Å². The number of carbonyl (C=O) groups is 1. The Bertz CT molecular complexity index is 283. The molecular weight excluding hydrogens is 174 g/mol. The maximum absolute atomic E-state index is 11.1. The first-order valence-corrected chi connectivity index (χ1v) is 3.77. The Kier molecular flexibility index (Phi) is 3.13. The van der Waals surface area contributed by atoms with Crippen LogP contribution < -0.4 is 0 Å². The smallest absolute Gasteiger partial charge is 0.339 e. The number of hydrogen-bond acceptors (Lipinski definition) is 5. The fourth-order valence-electron chi connectivity index (χ4n) is 0.872. The Hall–Kier alpha value is -1.72. The van der Waals surface area contributed by atoms with E-state index in [1.807, 2.05) is 0 Å². The third-order valence-electron chi connectivity index (χ3n) is 1.45. The number of nitrogens with one attached hydrogen (secondary N) is 1. The molecule has 1 atom stereocenters. The third kappa shape index (κ3) is 2.11. The van der Waals surface area contributed by atoms with Gasteiger partial charge in [0.1, 0.15) is 0 Å². The first-order valence-electron chi connectivity index (χ1n) is 3.77. The van der Waals surface area contributed by atoms with E-state index >= 15 is 0 Å². The minimum atomic E-state index is -1.11. The van der Waals surface area contributed by atoms with Gasteiger partial charge in [-0.3, -0.25) is 5.10 Å². The Morgan fingerprint density at radius 2 is 2.62 bits per heavy atom. The fourth-order valence-corrected chi connectivity index (χ4v) is 0.872. The Balaban J connectivity index is 2.74. The molecule has 6 heteroatoms. The summed E-state index contributed by atoms with van der Waals surface area (Å²) in [7, 11) is 0. The van der Waals surface area contributed by atoms with Gasteiger partial charge in [-0.25, -0.2) is 4.79 Å². The van der Waals surface area contributed by atoms with E-state index in [-0.39, 0.29) is 6.61 Å². The van der Waals surface area contributed by atoms with Crippen molar-refractivity contribution in [2.75, 3.05) is 6.61 Å². The molecular formula is C7H9N3O3. The number of nitroso groups, excluding NO2 is 1. The zero-order valence-electron chi connectivity index (χ0n) is 7.06. The summed E-state index contributed by atoms with van der Waals surface area (Å²) in [5.74, 6) is -0.654. The second-order valence-electron chi connectivity index (χ2n) is 2.29. The Labute approximate surface area is 74.3 Å². The lowest BCUT2D eigenvalue weighted by Crippen LogP contribution is -2.13. The topological polar surface area (TPSA) is 84.4 Å². The second kappa shape index (κ2) is 4.34. The summed E-state index contributed by atoms with van der Waals surface area (Å²) in [4.78, 5) is 21.4. The highest BCUT2D eigenvalue weighted by molar-refractivity contribution is 5.77. The summed E-state index contributed by atoms with van der Waals surface area (Å²) >= 11 is 0. The highest BCUT2D eigenvalue weighted by atomic mass is 16.5. The summed E-state index contributed by atoms with van der Waals surface area (Å²) in [6.45, 7) is 1.89. The van der Waals surface area contributed by atoms with Crippen molar-refractivity contribution in [3.63, 3.8) is 0 Å². The second-order valence-corrected chi connectivity index (χ2v) is 2.29. The molecule has 0 aliphatic carbocycles. The molecule has 13 heavy (non-hydrogen) atoms. The number of carbonyl (C=O) groups excluding carboxylic acids is 1. The van der Waals surface area contributed by atoms with Crippen LogP contribution in [-0.2, 0) is 9.53 Å². The van der Waals surface area contributed by atoms with Gasteiger partial charge in [-0.15, -0.1) is 4.91 Å². The number of esters is 1. The summed E-state index contributed by atoms with van der Waals surface area (Å²) < 4.78 is 4.64. The molecule has 0 saturated carbocycles. The molecule has 1 aromatic rings. The monoisotopic (exact) mass is 183 g/mol. The molecule has 0 bridgehead atoms. The normalized spacial score (nSPS) is 12.1. The van der Waals surface area contributed by atoms with Gasteiger partial charge in [0.25, 0.3) is 0 Å². The predicted molar refractivity (Wildman–Crippen MR) is 43.8 cm³/mol. The molecule has 1 N–H and O–H groups in total. The molecule has 1 aromatic heterocycles. The number of ether oxygens (including phenoxy) is 1. The van der Waals surface area contributed by atoms with E-state index in [4.69, 9.17) is 0 Å². The molecule has 0 aliphatic heterocycles. The summed E-state index contributed by atoms with van der Waals surface area (Å²) in [5, 5.41) is 8.75. The molecule has 0 spiro atoms. The maximum Gasteiger partial charge on any atom is 0.339 e. The lowest BCUT2D eigenvalue weighted by Gasteiger charge is -2.04. The molecule has 70 valence electrons. The van der Waals surface area contributed by atoms with Crippen LogP contribution in [0.2, 0.25) is 0 Å². The van der Waals surface area contributed by atoms with Crippen molar-refractivity contribution in [1.82, 2.24) is 10.2 Å². The first-order chi connectivity index (χ1) is 6.29. The van der Waals surface area contributed by atoms with Crippen molar-refractivity contribution in [1.29, 1.82) is 0 Å². The Morgan fingerprint density at radius 3 is 3.08 bits per heavy atom. The van der Waals surface area contributed by atoms with E-state index in [1.54, 1.807) is 6.92 Å². The van der Waals surface area contributed by atoms with Crippen molar-refractivity contribution in [3.05, 3.63) is 22.9 Å². The molecule has 1 unspecified atom stereocenters. The van der Waals surface area contributed by atoms with Crippen molar-refractivity contribution < 1.29 is 9.53 Å². The molecule has 0 aliphatic rings. The zero-order chi connectivity index (χ0) is 9.68. The number of aromatic nitrogens is 2. The number of H-pyrrole nitrogens is 1. The minimum Gasteiger partial charge on any atom is -0.464 e. The van der Waals surface area contributed by atoms with Gasteiger partial charge < -0.3 is 4.74 Å². The summed E-state index contributed by atoms with van der Waals surface area (Å²) in [6.07, 6.45) is 2.80. The number of aromatic amines is 1. The minimum absolute atomic E-state index is 0.225. The predicted octanol–water partition coefficient (Wildman–Crippen LogP) is 0.780. The zero-order valence-corrected chi connectivity index (χ0v) is 7.06. The van der Waals surface area contributed by atoms with Crippen molar-refractivity contribution in [2.45, 2.75) is 13.0 Å². The molecule has 6 nitrogen and oxygen atoms in total.